The van der Waals surface area contributed by atoms with Gasteiger partial charge in [-0.15, -0.1) is 0 Å². The highest BCUT2D eigenvalue weighted by Gasteiger charge is 2.31. The van der Waals surface area contributed by atoms with Crippen LogP contribution in [-0.2, 0) is 0 Å². The second-order valence-electron chi connectivity index (χ2n) is 6.38. The van der Waals surface area contributed by atoms with Crippen molar-refractivity contribution >= 4 is 5.69 Å². The van der Waals surface area contributed by atoms with Crippen LogP contribution in [0, 0.1) is 5.41 Å². The first-order valence-electron chi connectivity index (χ1n) is 7.41. The third-order valence-electron chi connectivity index (χ3n) is 4.43. The van der Waals surface area contributed by atoms with E-state index in [-0.39, 0.29) is 0 Å². The van der Waals surface area contributed by atoms with Gasteiger partial charge in [0.25, 0.3) is 0 Å². The molecule has 1 aliphatic rings. The maximum Gasteiger partial charge on any atom is 0.181 e. The average Bonchev–Trinajstić information content (AvgIpc) is 2.96. The Labute approximate surface area is 120 Å². The van der Waals surface area contributed by atoms with Gasteiger partial charge in [0.1, 0.15) is 0 Å². The van der Waals surface area contributed by atoms with Crippen LogP contribution in [0.3, 0.4) is 0 Å². The molecular weight excluding hydrogens is 248 g/mol. The molecule has 0 amide bonds. The number of hydrogen-bond acceptors (Lipinski definition) is 3. The largest absolute Gasteiger partial charge is 0.444 e. The molecule has 1 heterocycles. The molecule has 2 aromatic rings. The molecule has 0 radical (unpaired) electrons. The van der Waals surface area contributed by atoms with Crippen molar-refractivity contribution in [2.75, 3.05) is 5.32 Å². The van der Waals surface area contributed by atoms with Crippen molar-refractivity contribution in [1.82, 2.24) is 4.98 Å². The van der Waals surface area contributed by atoms with Crippen molar-refractivity contribution in [2.24, 2.45) is 5.41 Å². The molecule has 20 heavy (non-hydrogen) atoms. The Balaban J connectivity index is 1.79. The van der Waals surface area contributed by atoms with Crippen LogP contribution >= 0.6 is 0 Å². The van der Waals surface area contributed by atoms with Crippen molar-refractivity contribution in [3.05, 3.63) is 36.9 Å². The number of anilines is 1. The highest BCUT2D eigenvalue weighted by molar-refractivity contribution is 5.63. The molecule has 3 nitrogen and oxygen atoms in total. The molecule has 1 N–H and O–H groups in total. The van der Waals surface area contributed by atoms with E-state index in [1.807, 2.05) is 0 Å². The van der Waals surface area contributed by atoms with E-state index in [1.54, 1.807) is 6.20 Å². The normalized spacial score (nSPS) is 21.6. The molecule has 1 aromatic carbocycles. The van der Waals surface area contributed by atoms with Gasteiger partial charge in [-0.1, -0.05) is 38.8 Å². The van der Waals surface area contributed by atoms with Crippen LogP contribution in [0.2, 0.25) is 0 Å². The van der Waals surface area contributed by atoms with Gasteiger partial charge in [-0.05, 0) is 30.4 Å². The number of aromatic nitrogens is 1. The molecular formula is C17H22N2O. The summed E-state index contributed by atoms with van der Waals surface area (Å²) in [6, 6.07) is 8.94. The first kappa shape index (κ1) is 13.2. The minimum atomic E-state index is 0.362. The smallest absolute Gasteiger partial charge is 0.181 e. The number of rotatable bonds is 3. The van der Waals surface area contributed by atoms with E-state index in [1.165, 1.54) is 37.8 Å². The molecule has 0 aliphatic heterocycles. The second-order valence-corrected chi connectivity index (χ2v) is 6.38. The second kappa shape index (κ2) is 5.31. The van der Waals surface area contributed by atoms with Gasteiger partial charge < -0.3 is 9.73 Å². The summed E-state index contributed by atoms with van der Waals surface area (Å²) in [5, 5.41) is 3.71. The van der Waals surface area contributed by atoms with Gasteiger partial charge in [0, 0.05) is 17.3 Å². The van der Waals surface area contributed by atoms with Crippen LogP contribution in [0.4, 0.5) is 5.69 Å². The zero-order chi connectivity index (χ0) is 14.0. The molecule has 106 valence electrons. The van der Waals surface area contributed by atoms with Gasteiger partial charge >= 0.3 is 0 Å². The highest BCUT2D eigenvalue weighted by atomic mass is 16.3. The van der Waals surface area contributed by atoms with Crippen molar-refractivity contribution in [3.8, 4) is 11.3 Å². The molecule has 1 unspecified atom stereocenters. The lowest BCUT2D eigenvalue weighted by Crippen LogP contribution is -2.38. The molecule has 3 rings (SSSR count). The number of nitrogens with zero attached hydrogens (tertiary/aromatic N) is 1. The lowest BCUT2D eigenvalue weighted by atomic mass is 9.73. The third kappa shape index (κ3) is 2.72. The van der Waals surface area contributed by atoms with E-state index in [0.29, 0.717) is 11.5 Å². The standard InChI is InChI=1S/C17H22N2O/c1-17(2)9-4-3-8-16(17)19-14-7-5-6-13(10-14)15-11-18-12-20-15/h5-7,10-12,16,19H,3-4,8-9H2,1-2H3. The average molecular weight is 270 g/mol. The monoisotopic (exact) mass is 270 g/mol. The van der Waals surface area contributed by atoms with Gasteiger partial charge in [-0.25, -0.2) is 4.98 Å². The number of oxazole rings is 1. The van der Waals surface area contributed by atoms with E-state index < -0.39 is 0 Å². The molecule has 1 saturated carbocycles. The fraction of sp³-hybridized carbons (Fsp3) is 0.471. The number of nitrogens with one attached hydrogen (secondary N) is 1. The van der Waals surface area contributed by atoms with Crippen molar-refractivity contribution in [1.29, 1.82) is 0 Å². The molecule has 0 spiro atoms. The maximum absolute atomic E-state index is 5.37. The highest BCUT2D eigenvalue weighted by Crippen LogP contribution is 2.37. The van der Waals surface area contributed by atoms with Gasteiger partial charge in [-0.3, -0.25) is 0 Å². The van der Waals surface area contributed by atoms with E-state index >= 15 is 0 Å². The topological polar surface area (TPSA) is 38.1 Å². The zero-order valence-electron chi connectivity index (χ0n) is 12.2. The van der Waals surface area contributed by atoms with Gasteiger partial charge in [0.05, 0.1) is 6.20 Å². The predicted molar refractivity (Wildman–Crippen MR) is 81.6 cm³/mol. The van der Waals surface area contributed by atoms with Crippen LogP contribution in [-0.4, -0.2) is 11.0 Å². The summed E-state index contributed by atoms with van der Waals surface area (Å²) in [6.45, 7) is 4.73. The fourth-order valence-corrected chi connectivity index (χ4v) is 3.08. The summed E-state index contributed by atoms with van der Waals surface area (Å²) < 4.78 is 5.37. The Morgan fingerprint density at radius 1 is 1.30 bits per heavy atom. The van der Waals surface area contributed by atoms with E-state index in [0.717, 1.165) is 11.3 Å². The van der Waals surface area contributed by atoms with Crippen LogP contribution < -0.4 is 5.32 Å². The minimum absolute atomic E-state index is 0.362. The number of hydrogen-bond donors (Lipinski definition) is 1. The van der Waals surface area contributed by atoms with Crippen molar-refractivity contribution in [3.63, 3.8) is 0 Å². The summed E-state index contributed by atoms with van der Waals surface area (Å²) in [5.41, 5.74) is 2.60. The van der Waals surface area contributed by atoms with Gasteiger partial charge in [0.2, 0.25) is 0 Å². The molecule has 0 bridgehead atoms. The third-order valence-corrected chi connectivity index (χ3v) is 4.43. The quantitative estimate of drug-likeness (QED) is 0.876. The molecule has 1 aliphatic carbocycles. The van der Waals surface area contributed by atoms with E-state index in [9.17, 15) is 0 Å². The van der Waals surface area contributed by atoms with E-state index in [4.69, 9.17) is 4.42 Å². The Morgan fingerprint density at radius 3 is 2.95 bits per heavy atom. The van der Waals surface area contributed by atoms with Gasteiger partial charge in [0.15, 0.2) is 12.2 Å². The minimum Gasteiger partial charge on any atom is -0.444 e. The summed E-state index contributed by atoms with van der Waals surface area (Å²) in [5.74, 6) is 0.816. The maximum atomic E-state index is 5.37. The lowest BCUT2D eigenvalue weighted by Gasteiger charge is -2.39. The van der Waals surface area contributed by atoms with Crippen LogP contribution in [0.1, 0.15) is 39.5 Å². The van der Waals surface area contributed by atoms with Crippen LogP contribution in [0.5, 0.6) is 0 Å². The molecule has 1 aromatic heterocycles. The summed E-state index contributed by atoms with van der Waals surface area (Å²) >= 11 is 0. The Hall–Kier alpha value is -1.77. The van der Waals surface area contributed by atoms with Crippen LogP contribution in [0.15, 0.2) is 41.3 Å². The summed E-state index contributed by atoms with van der Waals surface area (Å²) in [6.07, 6.45) is 8.45. The van der Waals surface area contributed by atoms with Crippen LogP contribution in [0.25, 0.3) is 11.3 Å². The molecule has 0 saturated heterocycles. The number of benzene rings is 1. The Morgan fingerprint density at radius 2 is 2.20 bits per heavy atom. The van der Waals surface area contributed by atoms with E-state index in [2.05, 4.69) is 48.4 Å². The van der Waals surface area contributed by atoms with Crippen molar-refractivity contribution < 1.29 is 4.42 Å². The van der Waals surface area contributed by atoms with Crippen molar-refractivity contribution in [2.45, 2.75) is 45.6 Å². The zero-order valence-corrected chi connectivity index (χ0v) is 12.2. The molecule has 1 atom stereocenters. The molecule has 3 heteroatoms. The summed E-state index contributed by atoms with van der Waals surface area (Å²) in [7, 11) is 0. The Kier molecular flexibility index (Phi) is 3.51. The summed E-state index contributed by atoms with van der Waals surface area (Å²) in [4.78, 5) is 3.98. The molecule has 1 fully saturated rings. The Bertz CT molecular complexity index is 560. The van der Waals surface area contributed by atoms with Gasteiger partial charge in [-0.2, -0.15) is 0 Å². The lowest BCUT2D eigenvalue weighted by molar-refractivity contribution is 0.217. The first-order valence-corrected chi connectivity index (χ1v) is 7.41. The first-order chi connectivity index (χ1) is 9.65. The predicted octanol–water partition coefficient (Wildman–Crippen LogP) is 4.72. The SMILES string of the molecule is CC1(C)CCCCC1Nc1cccc(-c2cnco2)c1. The fourth-order valence-electron chi connectivity index (χ4n) is 3.08.